The van der Waals surface area contributed by atoms with Crippen LogP contribution in [-0.4, -0.2) is 46.9 Å². The van der Waals surface area contributed by atoms with Crippen molar-refractivity contribution in [2.75, 3.05) is 42.8 Å². The van der Waals surface area contributed by atoms with Crippen LogP contribution in [0.1, 0.15) is 13.8 Å². The Balaban J connectivity index is 1.72. The largest absolute Gasteiger partial charge is 0.491 e. The van der Waals surface area contributed by atoms with Crippen LogP contribution in [0.15, 0.2) is 48.8 Å². The molecule has 0 radical (unpaired) electrons. The molecule has 0 fully saturated rings. The predicted octanol–water partition coefficient (Wildman–Crippen LogP) is 3.33. The Hall–Kier alpha value is -3.39. The SMILES string of the molecule is CC(C)COc1ccc(-c2ccnc(Nc3ccc(N(C)CCO)nc3)n2)cc1N. The molecule has 3 aromatic rings. The number of hydrogen-bond acceptors (Lipinski definition) is 8. The molecule has 0 spiro atoms. The maximum Gasteiger partial charge on any atom is 0.227 e. The van der Waals surface area contributed by atoms with Gasteiger partial charge in [-0.3, -0.25) is 0 Å². The van der Waals surface area contributed by atoms with Crippen molar-refractivity contribution in [1.29, 1.82) is 0 Å². The summed E-state index contributed by atoms with van der Waals surface area (Å²) in [5.74, 6) is 2.35. The minimum absolute atomic E-state index is 0.0775. The van der Waals surface area contributed by atoms with Gasteiger partial charge in [0.2, 0.25) is 5.95 Å². The molecule has 158 valence electrons. The molecule has 2 aromatic heterocycles. The van der Waals surface area contributed by atoms with Crippen molar-refractivity contribution in [3.63, 3.8) is 0 Å². The van der Waals surface area contributed by atoms with Gasteiger partial charge in [0.15, 0.2) is 0 Å². The number of likely N-dealkylation sites (N-methyl/N-ethyl adjacent to an activating group) is 1. The van der Waals surface area contributed by atoms with Crippen molar-refractivity contribution >= 4 is 23.1 Å². The molecule has 0 unspecified atom stereocenters. The molecule has 0 aliphatic rings. The number of pyridine rings is 1. The number of anilines is 4. The van der Waals surface area contributed by atoms with Crippen LogP contribution < -0.4 is 20.7 Å². The lowest BCUT2D eigenvalue weighted by molar-refractivity contribution is 0.272. The molecule has 0 aliphatic carbocycles. The lowest BCUT2D eigenvalue weighted by Gasteiger charge is -2.16. The number of hydrogen-bond donors (Lipinski definition) is 3. The molecule has 0 amide bonds. The second-order valence-corrected chi connectivity index (χ2v) is 7.40. The molecule has 0 atom stereocenters. The highest BCUT2D eigenvalue weighted by molar-refractivity contribution is 5.69. The van der Waals surface area contributed by atoms with Crippen molar-refractivity contribution in [2.45, 2.75) is 13.8 Å². The van der Waals surface area contributed by atoms with Crippen LogP contribution in [-0.2, 0) is 0 Å². The number of ether oxygens (including phenoxy) is 1. The molecular weight excluding hydrogens is 380 g/mol. The summed E-state index contributed by atoms with van der Waals surface area (Å²) in [5, 5.41) is 12.2. The molecule has 0 saturated carbocycles. The first-order chi connectivity index (χ1) is 14.5. The summed E-state index contributed by atoms with van der Waals surface area (Å²) in [6.07, 6.45) is 3.40. The third-order valence-corrected chi connectivity index (χ3v) is 4.36. The second-order valence-electron chi connectivity index (χ2n) is 7.40. The molecule has 0 bridgehead atoms. The number of nitrogens with zero attached hydrogens (tertiary/aromatic N) is 4. The predicted molar refractivity (Wildman–Crippen MR) is 120 cm³/mol. The van der Waals surface area contributed by atoms with E-state index in [2.05, 4.69) is 34.1 Å². The topological polar surface area (TPSA) is 109 Å². The van der Waals surface area contributed by atoms with E-state index < -0.39 is 0 Å². The quantitative estimate of drug-likeness (QED) is 0.463. The standard InChI is InChI=1S/C22H28N6O2/c1-15(2)14-30-20-6-4-16(12-18(20)23)19-8-9-24-22(27-19)26-17-5-7-21(25-13-17)28(3)10-11-29/h4-9,12-13,15,29H,10-11,14,23H2,1-3H3,(H,24,26,27). The molecule has 1 aromatic carbocycles. The lowest BCUT2D eigenvalue weighted by atomic mass is 10.1. The summed E-state index contributed by atoms with van der Waals surface area (Å²) in [6.45, 7) is 5.41. The van der Waals surface area contributed by atoms with Gasteiger partial charge in [-0.2, -0.15) is 0 Å². The van der Waals surface area contributed by atoms with E-state index in [0.29, 0.717) is 36.5 Å². The van der Waals surface area contributed by atoms with E-state index in [1.54, 1.807) is 12.4 Å². The average molecular weight is 409 g/mol. The zero-order chi connectivity index (χ0) is 21.5. The summed E-state index contributed by atoms with van der Waals surface area (Å²) in [5.41, 5.74) is 9.14. The maximum absolute atomic E-state index is 9.04. The molecule has 30 heavy (non-hydrogen) atoms. The first-order valence-corrected chi connectivity index (χ1v) is 9.87. The van der Waals surface area contributed by atoms with E-state index in [4.69, 9.17) is 15.6 Å². The Morgan fingerprint density at radius 2 is 2.00 bits per heavy atom. The van der Waals surface area contributed by atoms with Gasteiger partial charge in [0.05, 0.1) is 36.5 Å². The number of nitrogens with one attached hydrogen (secondary N) is 1. The fraction of sp³-hybridized carbons (Fsp3) is 0.318. The third-order valence-electron chi connectivity index (χ3n) is 4.36. The van der Waals surface area contributed by atoms with Gasteiger partial charge < -0.3 is 25.8 Å². The van der Waals surface area contributed by atoms with E-state index in [9.17, 15) is 0 Å². The van der Waals surface area contributed by atoms with Crippen LogP contribution in [0.25, 0.3) is 11.3 Å². The van der Waals surface area contributed by atoms with Crippen molar-refractivity contribution in [2.24, 2.45) is 5.92 Å². The third kappa shape index (κ3) is 5.57. The van der Waals surface area contributed by atoms with Gasteiger partial charge in [-0.05, 0) is 42.3 Å². The molecule has 0 aliphatic heterocycles. The molecule has 3 rings (SSSR count). The Bertz CT molecular complexity index is 962. The zero-order valence-corrected chi connectivity index (χ0v) is 17.5. The van der Waals surface area contributed by atoms with Gasteiger partial charge in [0, 0.05) is 25.4 Å². The number of rotatable bonds is 9. The first kappa shape index (κ1) is 21.3. The molecule has 2 heterocycles. The average Bonchev–Trinajstić information content (AvgIpc) is 2.73. The van der Waals surface area contributed by atoms with Crippen LogP contribution in [0.2, 0.25) is 0 Å². The van der Waals surface area contributed by atoms with Crippen LogP contribution in [0.3, 0.4) is 0 Å². The molecular formula is C22H28N6O2. The van der Waals surface area contributed by atoms with Crippen LogP contribution in [0.4, 0.5) is 23.1 Å². The summed E-state index contributed by atoms with van der Waals surface area (Å²) < 4.78 is 5.74. The molecule has 8 heteroatoms. The Morgan fingerprint density at radius 3 is 2.67 bits per heavy atom. The monoisotopic (exact) mass is 408 g/mol. The lowest BCUT2D eigenvalue weighted by Crippen LogP contribution is -2.22. The van der Waals surface area contributed by atoms with Crippen LogP contribution >= 0.6 is 0 Å². The van der Waals surface area contributed by atoms with E-state index in [-0.39, 0.29) is 6.61 Å². The Labute approximate surface area is 176 Å². The Morgan fingerprint density at radius 1 is 1.17 bits per heavy atom. The second kappa shape index (κ2) is 9.89. The van der Waals surface area contributed by atoms with Gasteiger partial charge in [-0.1, -0.05) is 13.8 Å². The smallest absolute Gasteiger partial charge is 0.227 e. The fourth-order valence-corrected chi connectivity index (χ4v) is 2.75. The number of nitrogen functional groups attached to an aromatic ring is 1. The summed E-state index contributed by atoms with van der Waals surface area (Å²) >= 11 is 0. The van der Waals surface area contributed by atoms with Gasteiger partial charge in [0.25, 0.3) is 0 Å². The van der Waals surface area contributed by atoms with Gasteiger partial charge in [-0.25, -0.2) is 15.0 Å². The van der Waals surface area contributed by atoms with Crippen LogP contribution in [0.5, 0.6) is 5.75 Å². The minimum atomic E-state index is 0.0775. The van der Waals surface area contributed by atoms with E-state index in [1.807, 2.05) is 48.3 Å². The maximum atomic E-state index is 9.04. The summed E-state index contributed by atoms with van der Waals surface area (Å²) in [4.78, 5) is 15.1. The molecule has 8 nitrogen and oxygen atoms in total. The highest BCUT2D eigenvalue weighted by atomic mass is 16.5. The van der Waals surface area contributed by atoms with Crippen molar-refractivity contribution in [1.82, 2.24) is 15.0 Å². The number of nitrogens with two attached hydrogens (primary N) is 1. The molecule has 4 N–H and O–H groups in total. The van der Waals surface area contributed by atoms with Crippen molar-refractivity contribution in [3.05, 3.63) is 48.8 Å². The highest BCUT2D eigenvalue weighted by Gasteiger charge is 2.08. The zero-order valence-electron chi connectivity index (χ0n) is 17.5. The normalized spacial score (nSPS) is 10.8. The number of aliphatic hydroxyl groups is 1. The number of aromatic nitrogens is 3. The van der Waals surface area contributed by atoms with Gasteiger partial charge in [0.1, 0.15) is 11.6 Å². The fourth-order valence-electron chi connectivity index (χ4n) is 2.75. The molecule has 0 saturated heterocycles. The minimum Gasteiger partial charge on any atom is -0.491 e. The van der Waals surface area contributed by atoms with Gasteiger partial charge >= 0.3 is 0 Å². The van der Waals surface area contributed by atoms with E-state index >= 15 is 0 Å². The van der Waals surface area contributed by atoms with E-state index in [1.165, 1.54) is 0 Å². The van der Waals surface area contributed by atoms with Crippen molar-refractivity contribution in [3.8, 4) is 17.0 Å². The Kier molecular flexibility index (Phi) is 7.03. The number of aliphatic hydroxyl groups excluding tert-OH is 1. The summed E-state index contributed by atoms with van der Waals surface area (Å²) in [6, 6.07) is 11.3. The van der Waals surface area contributed by atoms with Crippen molar-refractivity contribution < 1.29 is 9.84 Å². The summed E-state index contributed by atoms with van der Waals surface area (Å²) in [7, 11) is 1.88. The highest BCUT2D eigenvalue weighted by Crippen LogP contribution is 2.28. The number of benzene rings is 1. The first-order valence-electron chi connectivity index (χ1n) is 9.87. The van der Waals surface area contributed by atoms with Crippen LogP contribution in [0, 0.1) is 5.92 Å². The van der Waals surface area contributed by atoms with E-state index in [0.717, 1.165) is 22.8 Å². The van der Waals surface area contributed by atoms with Gasteiger partial charge in [-0.15, -0.1) is 0 Å².